The first kappa shape index (κ1) is 95.6. The summed E-state index contributed by atoms with van der Waals surface area (Å²) in [5, 5.41) is 95.7. The lowest BCUT2D eigenvalue weighted by Crippen LogP contribution is -2.05. The number of rotatable bonds is 35. The molecule has 0 fully saturated rings. The molecule has 0 saturated carbocycles. The summed E-state index contributed by atoms with van der Waals surface area (Å²) in [6.45, 7) is 17.5. The number of hydrogen-bond acceptors (Lipinski definition) is 12. The Balaban J connectivity index is 0.000000140. The van der Waals surface area contributed by atoms with E-state index in [0.29, 0.717) is 72.0 Å². The molecule has 21 rings (SSSR count). The van der Waals surface area contributed by atoms with Crippen LogP contribution in [0.25, 0.3) is 172 Å². The van der Waals surface area contributed by atoms with Crippen LogP contribution in [0.15, 0.2) is 279 Å². The number of fused-ring (bicyclic) bond motifs is 20. The summed E-state index contributed by atoms with van der Waals surface area (Å²) >= 11 is 0. The van der Waals surface area contributed by atoms with Crippen LogP contribution in [-0.2, 0) is 0 Å². The molecule has 0 aliphatic heterocycles. The van der Waals surface area contributed by atoms with Gasteiger partial charge in [-0.2, -0.15) is 0 Å². The van der Waals surface area contributed by atoms with Crippen molar-refractivity contribution in [2.75, 3.05) is 39.6 Å². The summed E-state index contributed by atoms with van der Waals surface area (Å²) < 4.78 is 44.5. The number of phenols is 6. The molecule has 0 bridgehead atoms. The van der Waals surface area contributed by atoms with Crippen LogP contribution in [0.1, 0.15) is 191 Å². The molecule has 0 atom stereocenters. The minimum atomic E-state index is -0.335. The molecule has 8 N–H and O–H groups in total. The summed E-state index contributed by atoms with van der Waals surface area (Å²) in [5.41, 5.74) is 6.25. The van der Waals surface area contributed by atoms with Gasteiger partial charge < -0.3 is 64.5 Å². The van der Waals surface area contributed by atoms with Gasteiger partial charge in [-0.25, -0.2) is 0 Å². The minimum absolute atomic E-state index is 0.335. The highest BCUT2D eigenvalue weighted by molar-refractivity contribution is 6.34. The van der Waals surface area contributed by atoms with Gasteiger partial charge in [0.2, 0.25) is 1.43 Å². The van der Waals surface area contributed by atoms with E-state index in [9.17, 15) is 30.6 Å². The van der Waals surface area contributed by atoms with Crippen LogP contribution in [0.2, 0.25) is 0 Å². The highest BCUT2D eigenvalue weighted by Gasteiger charge is 2.24. The van der Waals surface area contributed by atoms with Crippen molar-refractivity contribution in [3.8, 4) is 69.0 Å². The molecule has 0 aliphatic carbocycles. The van der Waals surface area contributed by atoms with Crippen molar-refractivity contribution in [1.29, 1.82) is 0 Å². The van der Waals surface area contributed by atoms with E-state index in [1.54, 1.807) is 0 Å². The average Bonchev–Trinajstić information content (AvgIpc) is 0.730. The Morgan fingerprint density at radius 3 is 0.507 bits per heavy atom. The summed E-state index contributed by atoms with van der Waals surface area (Å²) in [4.78, 5) is 0. The lowest BCUT2D eigenvalue weighted by Gasteiger charge is -2.21. The van der Waals surface area contributed by atoms with Gasteiger partial charge in [0.05, 0.1) is 39.6 Å². The van der Waals surface area contributed by atoms with Crippen LogP contribution >= 0.6 is 0 Å². The number of unbranched alkanes of at least 4 members (excludes halogenated alkanes) is 17. The number of benzene rings is 21. The van der Waals surface area contributed by atoms with Gasteiger partial charge >= 0.3 is 0 Å². The quantitative estimate of drug-likeness (QED) is 0.00949. The molecule has 21 aromatic carbocycles. The minimum Gasteiger partial charge on any atom is -0.504 e. The SMILES string of the molecule is CCCCCCOc1cc2c(cc1OCCCCC)c1cc(OCCCCCC)c(OCCCCCC)cc1c1cc(OCCCCCC)c(OCCCCCC)cc21.Oc1cc2c3cc(O)c(O)cc3c3cc(O)c(O)cc3c2cc1O.[3H]O.c1cc2ccc3cccc4ccc(c1)c2c34.c1cc2cccc3c4cccc5cccc(c(c1)c23)c54.c1ccc2c(c1)c1ccccc1c1ccccc21. The van der Waals surface area contributed by atoms with Crippen LogP contribution in [-0.4, -0.2) is 75.8 Å². The first-order chi connectivity index (χ1) is 68.3. The lowest BCUT2D eigenvalue weighted by atomic mass is 9.90. The van der Waals surface area contributed by atoms with Crippen LogP contribution < -0.4 is 28.4 Å². The van der Waals surface area contributed by atoms with Crippen molar-refractivity contribution < 1.29 is 66.0 Å². The Bertz CT molecular complexity index is 6940. The third-order valence-corrected chi connectivity index (χ3v) is 27.1. The van der Waals surface area contributed by atoms with Gasteiger partial charge in [-0.1, -0.05) is 357 Å². The molecule has 0 heterocycles. The van der Waals surface area contributed by atoms with Crippen molar-refractivity contribution in [3.63, 3.8) is 0 Å². The number of phenolic OH excluding ortho intramolecular Hbond substituents is 6. The Morgan fingerprint density at radius 1 is 0.167 bits per heavy atom. The molecule has 0 aromatic heterocycles. The second-order valence-electron chi connectivity index (χ2n) is 36.6. The first-order valence-electron chi connectivity index (χ1n) is 50.7. The maximum Gasteiger partial charge on any atom is 0.206 e. The van der Waals surface area contributed by atoms with E-state index in [1.165, 1.54) is 208 Å². The maximum absolute atomic E-state index is 9.82. The zero-order chi connectivity index (χ0) is 96.7. The molecule has 708 valence electrons. The van der Waals surface area contributed by atoms with Crippen molar-refractivity contribution >= 4 is 172 Å². The summed E-state index contributed by atoms with van der Waals surface area (Å²) in [6.07, 6.45) is 26.3. The third kappa shape index (κ3) is 21.2. The zero-order valence-corrected chi connectivity index (χ0v) is 80.6. The predicted molar refractivity (Wildman–Crippen MR) is 581 cm³/mol. The number of aromatic hydroxyl groups is 6. The Labute approximate surface area is 810 Å². The fourth-order valence-electron chi connectivity index (χ4n) is 20.0. The van der Waals surface area contributed by atoms with Crippen molar-refractivity contribution in [2.45, 2.75) is 189 Å². The fraction of sp³-hybridized carbons (Fsp3) is 0.280. The van der Waals surface area contributed by atoms with E-state index in [1.807, 2.05) is 0 Å². The lowest BCUT2D eigenvalue weighted by molar-refractivity contribution is 0.259. The van der Waals surface area contributed by atoms with E-state index in [4.69, 9.17) is 35.3 Å². The number of hydrogen-bond donors (Lipinski definition) is 6. The van der Waals surface area contributed by atoms with E-state index in [0.717, 1.165) is 150 Å². The van der Waals surface area contributed by atoms with Crippen LogP contribution in [0.3, 0.4) is 0 Å². The largest absolute Gasteiger partial charge is 0.504 e. The van der Waals surface area contributed by atoms with Crippen molar-refractivity contribution in [3.05, 3.63) is 279 Å². The molecule has 138 heavy (non-hydrogen) atoms. The number of ether oxygens (including phenoxy) is 6. The highest BCUT2D eigenvalue weighted by Crippen LogP contribution is 2.51. The predicted octanol–water partition coefficient (Wildman–Crippen LogP) is 34.5. The molecule has 0 amide bonds. The second kappa shape index (κ2) is 46.1. The second-order valence-corrected chi connectivity index (χ2v) is 36.6. The van der Waals surface area contributed by atoms with Crippen LogP contribution in [0.4, 0.5) is 0 Å². The molecular formula is C125H130O13. The topological polar surface area (TPSA) is 208 Å². The molecule has 13 nitrogen and oxygen atoms in total. The van der Waals surface area contributed by atoms with Crippen LogP contribution in [0.5, 0.6) is 69.0 Å². The molecular weight excluding hydrogens is 1710 g/mol. The standard InChI is InChI=1S/C53H82O6.C20H12.C18H12O6.C18H12.C16H10.H2O/c1-7-13-19-25-31-55-49-37-43-42(36-48(49)54-30-24-18-12-6)44-38-50(56-32-26-20-14-8-2)52(58-34-28-22-16-10-4)40-46(44)47-41-53(59-35-29-23-17-11-5)51(39-45(43)47)57-33-27-21-15-9-3;1-5-13-6-2-11-17-18-12-4-8-14-7-3-10-16(20(14)18)15(9-1)19(13)17;19-13-1-7-8(2-14(13)20)10-4-17(23)18(24)6-12(10)11-5-16(22)15(21)3-9(7)11;1-2-8-14-13(7-1)15-9-3-4-11-17(15)18-12-6-5-10-16(14)18;1-3-11-7-9-13-5-2-6-14-10-8-12(4-1)15(11)16(13)14;/h36-41H,7-35H2,1-6H3;1-12H;1-6,19-24H;1-12H;1-10H;1H2/i/hT. The van der Waals surface area contributed by atoms with Gasteiger partial charge in [-0.3, -0.25) is 0 Å². The van der Waals surface area contributed by atoms with E-state index in [2.05, 4.69) is 284 Å². The van der Waals surface area contributed by atoms with E-state index < -0.39 is 0 Å². The van der Waals surface area contributed by atoms with Gasteiger partial charge in [-0.15, -0.1) is 0 Å². The summed E-state index contributed by atoms with van der Waals surface area (Å²) in [7, 11) is 0. The third-order valence-electron chi connectivity index (χ3n) is 27.1. The Morgan fingerprint density at radius 2 is 0.319 bits per heavy atom. The average molecular weight is 1840 g/mol. The smallest absolute Gasteiger partial charge is 0.206 e. The molecule has 13 heteroatoms. The maximum atomic E-state index is 9.82. The molecule has 21 aromatic rings. The van der Waals surface area contributed by atoms with Gasteiger partial charge in [-0.05, 0) is 284 Å². The highest BCUT2D eigenvalue weighted by atomic mass is 16.5. The molecule has 0 spiro atoms. The molecule has 0 unspecified atom stereocenters. The fourth-order valence-corrected chi connectivity index (χ4v) is 20.0. The zero-order valence-electron chi connectivity index (χ0n) is 81.6. The summed E-state index contributed by atoms with van der Waals surface area (Å²) in [6, 6.07) is 95.7. The van der Waals surface area contributed by atoms with E-state index in [-0.39, 0.29) is 34.5 Å². The summed E-state index contributed by atoms with van der Waals surface area (Å²) in [5.74, 6) is 2.86. The monoisotopic (exact) mass is 1840 g/mol. The van der Waals surface area contributed by atoms with Gasteiger partial charge in [0.1, 0.15) is 0 Å². The normalized spacial score (nSPS) is 11.5. The molecule has 0 aliphatic rings. The molecule has 0 saturated heterocycles. The van der Waals surface area contributed by atoms with Crippen molar-refractivity contribution in [2.24, 2.45) is 0 Å². The van der Waals surface area contributed by atoms with Gasteiger partial charge in [0.25, 0.3) is 0 Å². The van der Waals surface area contributed by atoms with Crippen molar-refractivity contribution in [1.82, 2.24) is 0 Å². The van der Waals surface area contributed by atoms with Crippen LogP contribution in [0, 0.1) is 0 Å². The van der Waals surface area contributed by atoms with E-state index >= 15 is 0 Å². The Kier molecular flexibility index (Phi) is 32.0. The van der Waals surface area contributed by atoms with Gasteiger partial charge in [0, 0.05) is 0 Å². The molecule has 0 radical (unpaired) electrons. The first-order valence-corrected chi connectivity index (χ1v) is 50.2. The van der Waals surface area contributed by atoms with Gasteiger partial charge in [0.15, 0.2) is 69.0 Å². The Hall–Kier alpha value is -14.1.